The van der Waals surface area contributed by atoms with Crippen molar-refractivity contribution in [1.29, 1.82) is 0 Å². The minimum absolute atomic E-state index is 0.0210. The number of aliphatic hydroxyl groups excluding tert-OH is 1. The fraction of sp³-hybridized carbons (Fsp3) is 0.413. The molecule has 59 heavy (non-hydrogen) atoms. The number of anilines is 2. The molecular weight excluding hydrogens is 751 g/mol. The first kappa shape index (κ1) is 41.7. The number of ether oxygens (including phenoxy) is 3. The van der Waals surface area contributed by atoms with Gasteiger partial charge >= 0.3 is 6.09 Å². The van der Waals surface area contributed by atoms with Crippen molar-refractivity contribution in [1.82, 2.24) is 15.1 Å². The molecule has 0 radical (unpaired) electrons. The number of nitrogens with zero attached hydrogens (tertiary/aromatic N) is 2. The number of aliphatic hydroxyl groups is 1. The second-order valence-electron chi connectivity index (χ2n) is 15.7. The van der Waals surface area contributed by atoms with Gasteiger partial charge in [-0.2, -0.15) is 0 Å². The Hall–Kier alpha value is -5.47. The van der Waals surface area contributed by atoms with E-state index >= 15 is 0 Å². The minimum Gasteiger partial charge on any atom is -0.506 e. The van der Waals surface area contributed by atoms with Gasteiger partial charge in [-0.15, -0.1) is 0 Å². The van der Waals surface area contributed by atoms with Crippen LogP contribution < -0.4 is 20.7 Å². The number of carbonyl (C=O) groups is 3. The standard InChI is InChI=1S/C46H55N5O8/c1-50(22-20-47-27-41(53)38-15-16-40(52)44-45(38)58-30-42(54)49-44)43(55)19-24-57-23-18-32-13-11-31(12-14-32)17-21-51-28-34-25-36(26-35(34)29-51)59-46(56)48-39-10-6-5-9-37(39)33-7-3-2-4-8-33/h2-16,34-36,41,47,52-53H,17-30H2,1H3,(H,48,56)(H,49,54). The topological polar surface area (TPSA) is 162 Å². The number of phenolic OH excluding ortho intramolecular Hbond substituents is 1. The summed E-state index contributed by atoms with van der Waals surface area (Å²) >= 11 is 0. The van der Waals surface area contributed by atoms with Crippen LogP contribution in [0.25, 0.3) is 11.1 Å². The van der Waals surface area contributed by atoms with Crippen LogP contribution in [0.15, 0.2) is 91.0 Å². The van der Waals surface area contributed by atoms with Gasteiger partial charge in [0.1, 0.15) is 17.5 Å². The minimum atomic E-state index is -0.934. The van der Waals surface area contributed by atoms with E-state index in [-0.39, 0.29) is 60.8 Å². The van der Waals surface area contributed by atoms with Crippen LogP contribution in [0.2, 0.25) is 0 Å². The first-order valence-electron chi connectivity index (χ1n) is 20.6. The lowest BCUT2D eigenvalue weighted by Gasteiger charge is -2.24. The zero-order valence-electron chi connectivity index (χ0n) is 33.6. The molecule has 2 fully saturated rings. The molecule has 5 N–H and O–H groups in total. The van der Waals surface area contributed by atoms with Crippen LogP contribution in [0.5, 0.6) is 11.5 Å². The Bertz CT molecular complexity index is 2030. The van der Waals surface area contributed by atoms with Crippen molar-refractivity contribution < 1.29 is 38.8 Å². The quantitative estimate of drug-likeness (QED) is 0.0631. The Morgan fingerprint density at radius 3 is 2.41 bits per heavy atom. The highest BCUT2D eigenvalue weighted by molar-refractivity contribution is 5.97. The molecule has 3 unspecified atom stereocenters. The molecule has 1 saturated carbocycles. The predicted molar refractivity (Wildman–Crippen MR) is 225 cm³/mol. The molecule has 0 aromatic heterocycles. The molecular formula is C46H55N5O8. The van der Waals surface area contributed by atoms with Gasteiger partial charge in [0.25, 0.3) is 5.91 Å². The Labute approximate surface area is 345 Å². The monoisotopic (exact) mass is 805 g/mol. The highest BCUT2D eigenvalue weighted by atomic mass is 16.6. The molecule has 1 saturated heterocycles. The van der Waals surface area contributed by atoms with Gasteiger partial charge in [-0.05, 0) is 72.4 Å². The van der Waals surface area contributed by atoms with E-state index in [1.165, 1.54) is 17.2 Å². The lowest BCUT2D eigenvalue weighted by molar-refractivity contribution is -0.131. The van der Waals surface area contributed by atoms with E-state index in [0.717, 1.165) is 62.1 Å². The Balaban J connectivity index is 0.726. The third-order valence-corrected chi connectivity index (χ3v) is 11.6. The van der Waals surface area contributed by atoms with Crippen molar-refractivity contribution in [2.75, 3.05) is 76.8 Å². The summed E-state index contributed by atoms with van der Waals surface area (Å²) in [4.78, 5) is 41.3. The number of amides is 3. The summed E-state index contributed by atoms with van der Waals surface area (Å²) in [5.74, 6) is 0.846. The van der Waals surface area contributed by atoms with Crippen LogP contribution in [0.3, 0.4) is 0 Å². The summed E-state index contributed by atoms with van der Waals surface area (Å²) in [7, 11) is 1.74. The lowest BCUT2D eigenvalue weighted by atomic mass is 10.0. The summed E-state index contributed by atoms with van der Waals surface area (Å²) in [6.45, 7) is 4.92. The fourth-order valence-corrected chi connectivity index (χ4v) is 8.34. The normalized spacial score (nSPS) is 18.9. The molecule has 312 valence electrons. The zero-order chi connectivity index (χ0) is 41.1. The van der Waals surface area contributed by atoms with E-state index in [1.807, 2.05) is 54.6 Å². The van der Waals surface area contributed by atoms with Crippen LogP contribution in [0.1, 0.15) is 42.1 Å². The van der Waals surface area contributed by atoms with Gasteiger partial charge in [0, 0.05) is 57.4 Å². The van der Waals surface area contributed by atoms with Gasteiger partial charge in [0.15, 0.2) is 12.4 Å². The molecule has 3 atom stereocenters. The van der Waals surface area contributed by atoms with Crippen molar-refractivity contribution in [3.63, 3.8) is 0 Å². The second kappa shape index (κ2) is 20.0. The molecule has 3 amide bonds. The number of rotatable bonds is 18. The molecule has 0 spiro atoms. The number of fused-ring (bicyclic) bond motifs is 2. The smallest absolute Gasteiger partial charge is 0.411 e. The molecule has 2 aliphatic heterocycles. The van der Waals surface area contributed by atoms with E-state index in [1.54, 1.807) is 18.0 Å². The summed E-state index contributed by atoms with van der Waals surface area (Å²) in [6, 6.07) is 29.5. The molecule has 3 aliphatic rings. The summed E-state index contributed by atoms with van der Waals surface area (Å²) in [6.07, 6.45) is 2.49. The highest BCUT2D eigenvalue weighted by Crippen LogP contribution is 2.42. The van der Waals surface area contributed by atoms with Crippen molar-refractivity contribution in [3.8, 4) is 22.6 Å². The molecule has 7 rings (SSSR count). The molecule has 13 heteroatoms. The number of likely N-dealkylation sites (tertiary alicyclic amines) is 1. The summed E-state index contributed by atoms with van der Waals surface area (Å²) < 4.78 is 17.2. The van der Waals surface area contributed by atoms with Crippen LogP contribution in [0, 0.1) is 11.8 Å². The Kier molecular flexibility index (Phi) is 14.1. The molecule has 0 bridgehead atoms. The fourth-order valence-electron chi connectivity index (χ4n) is 8.34. The average molecular weight is 806 g/mol. The summed E-state index contributed by atoms with van der Waals surface area (Å²) in [5, 5.41) is 29.4. The number of aromatic hydroxyl groups is 1. The zero-order valence-corrected chi connectivity index (χ0v) is 33.6. The van der Waals surface area contributed by atoms with Crippen LogP contribution in [-0.2, 0) is 31.9 Å². The second-order valence-corrected chi connectivity index (χ2v) is 15.7. The van der Waals surface area contributed by atoms with Gasteiger partial charge in [-0.25, -0.2) is 4.79 Å². The van der Waals surface area contributed by atoms with Crippen molar-refractivity contribution in [2.45, 2.75) is 44.3 Å². The maximum atomic E-state index is 12.9. The summed E-state index contributed by atoms with van der Waals surface area (Å²) in [5.41, 5.74) is 5.89. The van der Waals surface area contributed by atoms with Gasteiger partial charge < -0.3 is 44.9 Å². The molecule has 13 nitrogen and oxygen atoms in total. The largest absolute Gasteiger partial charge is 0.506 e. The van der Waals surface area contributed by atoms with E-state index in [9.17, 15) is 24.6 Å². The predicted octanol–water partition coefficient (Wildman–Crippen LogP) is 5.62. The van der Waals surface area contributed by atoms with E-state index in [4.69, 9.17) is 14.2 Å². The van der Waals surface area contributed by atoms with Crippen molar-refractivity contribution in [3.05, 3.63) is 108 Å². The Morgan fingerprint density at radius 2 is 1.64 bits per heavy atom. The third-order valence-electron chi connectivity index (χ3n) is 11.6. The third kappa shape index (κ3) is 11.2. The van der Waals surface area contributed by atoms with Gasteiger partial charge in [0.2, 0.25) is 5.91 Å². The van der Waals surface area contributed by atoms with Crippen molar-refractivity contribution >= 4 is 29.3 Å². The van der Waals surface area contributed by atoms with Gasteiger partial charge in [-0.1, -0.05) is 72.8 Å². The Morgan fingerprint density at radius 1 is 0.932 bits per heavy atom. The molecule has 2 heterocycles. The molecule has 4 aromatic rings. The van der Waals surface area contributed by atoms with Crippen LogP contribution in [0.4, 0.5) is 16.2 Å². The SMILES string of the molecule is CN(CCNCC(O)c1ccc(O)c2c1OCC(=O)N2)C(=O)CCOCCc1ccc(CCN2CC3CC(OC(=O)Nc4ccccc4-c4ccccc4)CC3C2)cc1. The highest BCUT2D eigenvalue weighted by Gasteiger charge is 2.42. The maximum absolute atomic E-state index is 12.9. The number of likely N-dealkylation sites (N-methyl/N-ethyl adjacent to an activating group) is 1. The number of nitrogens with one attached hydrogen (secondary N) is 3. The average Bonchev–Trinajstić information content (AvgIpc) is 3.80. The molecule has 1 aliphatic carbocycles. The van der Waals surface area contributed by atoms with Crippen LogP contribution >= 0.6 is 0 Å². The van der Waals surface area contributed by atoms with E-state index < -0.39 is 6.10 Å². The van der Waals surface area contributed by atoms with E-state index in [2.05, 4.69) is 45.1 Å². The maximum Gasteiger partial charge on any atom is 0.411 e. The lowest BCUT2D eigenvalue weighted by Crippen LogP contribution is -2.35. The first-order valence-corrected chi connectivity index (χ1v) is 20.6. The number of para-hydroxylation sites is 1. The number of hydrogen-bond donors (Lipinski definition) is 5. The molecule has 4 aromatic carbocycles. The number of hydrogen-bond acceptors (Lipinski definition) is 10. The first-order chi connectivity index (χ1) is 28.7. The van der Waals surface area contributed by atoms with Crippen LogP contribution in [-0.4, -0.2) is 110 Å². The number of phenols is 1. The van der Waals surface area contributed by atoms with Crippen molar-refractivity contribution in [2.24, 2.45) is 11.8 Å². The van der Waals surface area contributed by atoms with E-state index in [0.29, 0.717) is 43.7 Å². The van der Waals surface area contributed by atoms with Gasteiger partial charge in [0.05, 0.1) is 31.4 Å². The van der Waals surface area contributed by atoms with Gasteiger partial charge in [-0.3, -0.25) is 14.9 Å². The number of carbonyl (C=O) groups excluding carboxylic acids is 3. The number of benzene rings is 4.